The van der Waals surface area contributed by atoms with E-state index in [4.69, 9.17) is 35.9 Å². The minimum atomic E-state index is -1.29. The van der Waals surface area contributed by atoms with Gasteiger partial charge in [-0.2, -0.15) is 0 Å². The number of rotatable bonds is 7. The van der Waals surface area contributed by atoms with E-state index in [0.29, 0.717) is 5.69 Å². The van der Waals surface area contributed by atoms with Crippen LogP contribution in [0.25, 0.3) is 0 Å². The first kappa shape index (κ1) is 27.5. The van der Waals surface area contributed by atoms with Gasteiger partial charge in [0.1, 0.15) is 12.7 Å². The molecule has 2 N–H and O–H groups in total. The van der Waals surface area contributed by atoms with Gasteiger partial charge in [0.25, 0.3) is 0 Å². The lowest BCUT2D eigenvalue weighted by Crippen LogP contribution is -2.66. The molecule has 0 radical (unpaired) electrons. The highest BCUT2D eigenvalue weighted by molar-refractivity contribution is 9.10. The molecule has 2 rings (SSSR count). The van der Waals surface area contributed by atoms with Gasteiger partial charge < -0.3 is 34.3 Å². The molecular weight excluding hydrogens is 536 g/mol. The van der Waals surface area contributed by atoms with Crippen molar-refractivity contribution in [2.24, 2.45) is 0 Å². The molecule has 186 valence electrons. The molecule has 0 aliphatic carbocycles. The molecule has 1 saturated heterocycles. The minimum Gasteiger partial charge on any atom is -0.463 e. The van der Waals surface area contributed by atoms with Crippen molar-refractivity contribution in [3.05, 3.63) is 28.7 Å². The third-order valence-electron chi connectivity index (χ3n) is 4.39. The molecule has 5 atom stereocenters. The lowest BCUT2D eigenvalue weighted by molar-refractivity contribution is -0.254. The van der Waals surface area contributed by atoms with Crippen molar-refractivity contribution < 1.29 is 42.9 Å². The largest absolute Gasteiger partial charge is 0.463 e. The summed E-state index contributed by atoms with van der Waals surface area (Å²) >= 11 is 8.77. The smallest absolute Gasteiger partial charge is 0.303 e. The van der Waals surface area contributed by atoms with Crippen LogP contribution in [0.3, 0.4) is 0 Å². The van der Waals surface area contributed by atoms with E-state index < -0.39 is 54.5 Å². The fraction of sp³-hybridized carbons (Fsp3) is 0.476. The molecule has 34 heavy (non-hydrogen) atoms. The molecule has 1 aliphatic heterocycles. The number of halogens is 1. The molecule has 1 heterocycles. The first-order valence-corrected chi connectivity index (χ1v) is 11.3. The number of para-hydroxylation sites is 1. The molecule has 13 heteroatoms. The van der Waals surface area contributed by atoms with E-state index >= 15 is 0 Å². The van der Waals surface area contributed by atoms with Crippen molar-refractivity contribution in [2.75, 3.05) is 11.9 Å². The molecule has 0 bridgehead atoms. The van der Waals surface area contributed by atoms with Crippen LogP contribution in [-0.4, -0.2) is 66.2 Å². The Balaban J connectivity index is 2.37. The second-order valence-electron chi connectivity index (χ2n) is 7.20. The fourth-order valence-corrected chi connectivity index (χ4v) is 3.80. The van der Waals surface area contributed by atoms with Crippen molar-refractivity contribution in [3.63, 3.8) is 0 Å². The Morgan fingerprint density at radius 3 is 2.03 bits per heavy atom. The van der Waals surface area contributed by atoms with Gasteiger partial charge in [0.05, 0.1) is 5.69 Å². The molecule has 0 spiro atoms. The van der Waals surface area contributed by atoms with E-state index in [0.717, 1.165) is 25.2 Å². The summed E-state index contributed by atoms with van der Waals surface area (Å²) in [6.45, 7) is 4.32. The Bertz CT molecular complexity index is 945. The van der Waals surface area contributed by atoms with E-state index in [1.165, 1.54) is 6.92 Å². The number of carbonyl (C=O) groups excluding carboxylic acids is 4. The van der Waals surface area contributed by atoms with Gasteiger partial charge in [0, 0.05) is 32.2 Å². The van der Waals surface area contributed by atoms with Crippen molar-refractivity contribution >= 4 is 62.8 Å². The Labute approximate surface area is 209 Å². The van der Waals surface area contributed by atoms with Crippen molar-refractivity contribution in [3.8, 4) is 0 Å². The number of hydrogen-bond acceptors (Lipinski definition) is 10. The fourth-order valence-electron chi connectivity index (χ4n) is 3.19. The Hall–Kier alpha value is -2.77. The van der Waals surface area contributed by atoms with E-state index in [1.54, 1.807) is 18.2 Å². The highest BCUT2D eigenvalue weighted by Crippen LogP contribution is 2.29. The second kappa shape index (κ2) is 12.6. The third-order valence-corrected chi connectivity index (χ3v) is 5.30. The predicted molar refractivity (Wildman–Crippen MR) is 125 cm³/mol. The van der Waals surface area contributed by atoms with Gasteiger partial charge >= 0.3 is 23.9 Å². The average molecular weight is 561 g/mol. The second-order valence-corrected chi connectivity index (χ2v) is 8.46. The molecule has 11 nitrogen and oxygen atoms in total. The summed E-state index contributed by atoms with van der Waals surface area (Å²) in [5.41, 5.74) is 0.644. The maximum absolute atomic E-state index is 11.9. The van der Waals surface area contributed by atoms with Gasteiger partial charge in [-0.3, -0.25) is 19.2 Å². The lowest BCUT2D eigenvalue weighted by Gasteiger charge is -2.44. The average Bonchev–Trinajstić information content (AvgIpc) is 2.71. The third kappa shape index (κ3) is 8.22. The number of esters is 4. The summed E-state index contributed by atoms with van der Waals surface area (Å²) in [6.07, 6.45) is -6.04. The van der Waals surface area contributed by atoms with E-state index in [-0.39, 0.29) is 11.7 Å². The van der Waals surface area contributed by atoms with Gasteiger partial charge in [-0.05, 0) is 40.3 Å². The summed E-state index contributed by atoms with van der Waals surface area (Å²) < 4.78 is 27.8. The van der Waals surface area contributed by atoms with Crippen molar-refractivity contribution in [2.45, 2.75) is 58.3 Å². The summed E-state index contributed by atoms with van der Waals surface area (Å²) in [6, 6.07) is 7.19. The number of anilines is 1. The molecule has 1 aromatic rings. The Morgan fingerprint density at radius 1 is 0.912 bits per heavy atom. The lowest BCUT2D eigenvalue weighted by atomic mass is 9.97. The van der Waals surface area contributed by atoms with E-state index in [9.17, 15) is 19.2 Å². The number of ether oxygens (including phenoxy) is 5. The van der Waals surface area contributed by atoms with Gasteiger partial charge in [-0.15, -0.1) is 0 Å². The molecule has 1 aliphatic rings. The Morgan fingerprint density at radius 2 is 1.47 bits per heavy atom. The van der Waals surface area contributed by atoms with Crippen LogP contribution in [0.2, 0.25) is 0 Å². The first-order valence-electron chi connectivity index (χ1n) is 10.1. The highest BCUT2D eigenvalue weighted by atomic mass is 79.9. The number of carbonyl (C=O) groups is 4. The number of hydrogen-bond donors (Lipinski definition) is 2. The maximum atomic E-state index is 11.9. The van der Waals surface area contributed by atoms with Crippen LogP contribution in [0.1, 0.15) is 27.7 Å². The van der Waals surface area contributed by atoms with Crippen molar-refractivity contribution in [1.29, 1.82) is 0 Å². The Kier molecular flexibility index (Phi) is 10.2. The molecule has 0 aromatic heterocycles. The van der Waals surface area contributed by atoms with Crippen LogP contribution in [-0.2, 0) is 42.9 Å². The number of thiocarbonyl (C=S) groups is 1. The molecule has 1 fully saturated rings. The van der Waals surface area contributed by atoms with Crippen LogP contribution < -0.4 is 10.6 Å². The zero-order chi connectivity index (χ0) is 25.4. The summed E-state index contributed by atoms with van der Waals surface area (Å²) in [5, 5.41) is 5.93. The van der Waals surface area contributed by atoms with Gasteiger partial charge in [-0.1, -0.05) is 12.1 Å². The number of nitrogens with one attached hydrogen (secondary N) is 2. The zero-order valence-corrected chi connectivity index (χ0v) is 21.3. The molecule has 0 unspecified atom stereocenters. The summed E-state index contributed by atoms with van der Waals surface area (Å²) in [7, 11) is 0. The topological polar surface area (TPSA) is 138 Å². The first-order chi connectivity index (χ1) is 16.0. The molecular formula is C21H25BrN2O9S. The van der Waals surface area contributed by atoms with Crippen LogP contribution >= 0.6 is 28.1 Å². The van der Waals surface area contributed by atoms with Crippen LogP contribution in [0.5, 0.6) is 0 Å². The molecule has 1 aromatic carbocycles. The van der Waals surface area contributed by atoms with Gasteiger partial charge in [0.15, 0.2) is 29.7 Å². The van der Waals surface area contributed by atoms with Crippen LogP contribution in [0, 0.1) is 0 Å². The van der Waals surface area contributed by atoms with Crippen LogP contribution in [0.15, 0.2) is 28.7 Å². The monoisotopic (exact) mass is 560 g/mol. The zero-order valence-electron chi connectivity index (χ0n) is 18.9. The summed E-state index contributed by atoms with van der Waals surface area (Å²) in [5.74, 6) is -2.74. The normalized spacial score (nSPS) is 23.7. The molecule has 0 saturated carbocycles. The molecule has 0 amide bonds. The SMILES string of the molecule is CC(=O)OC[C@@H]1O[C@H](NC(=S)Nc2ccccc2Br)[C@H](OC(C)=O)[C@@H](OC(C)=O)[C@@H]1OC(C)=O. The highest BCUT2D eigenvalue weighted by Gasteiger charge is 2.52. The summed E-state index contributed by atoms with van der Waals surface area (Å²) in [4.78, 5) is 46.9. The van der Waals surface area contributed by atoms with E-state index in [1.807, 2.05) is 6.07 Å². The van der Waals surface area contributed by atoms with Crippen molar-refractivity contribution in [1.82, 2.24) is 5.32 Å². The predicted octanol–water partition coefficient (Wildman–Crippen LogP) is 1.82. The van der Waals surface area contributed by atoms with Gasteiger partial charge in [0.2, 0.25) is 0 Å². The quantitative estimate of drug-likeness (QED) is 0.285. The standard InChI is InChI=1S/C21H25BrN2O9S/c1-10(25)29-9-16-17(30-11(2)26)18(31-12(3)27)19(32-13(4)28)20(33-16)24-21(34)23-15-8-6-5-7-14(15)22/h5-8,16-20H,9H2,1-4H3,(H2,23,24,34)/t16-,17+,18-,19+,20-/m0/s1. The number of benzene rings is 1. The van der Waals surface area contributed by atoms with Gasteiger partial charge in [-0.25, -0.2) is 0 Å². The van der Waals surface area contributed by atoms with Crippen LogP contribution in [0.4, 0.5) is 5.69 Å². The van der Waals surface area contributed by atoms with E-state index in [2.05, 4.69) is 26.6 Å². The minimum absolute atomic E-state index is 0.0906. The maximum Gasteiger partial charge on any atom is 0.303 e.